The molecule has 0 aromatic heterocycles. The van der Waals surface area contributed by atoms with Crippen molar-refractivity contribution < 1.29 is 10.2 Å². The number of rotatable bonds is 2. The molecule has 0 aliphatic carbocycles. The molecular weight excluding hydrogens is 178 g/mol. The Hall–Kier alpha value is -1.22. The van der Waals surface area contributed by atoms with Crippen molar-refractivity contribution in [1.82, 2.24) is 0 Å². The number of hydrogen-bond acceptors (Lipinski definition) is 3. The number of phenols is 1. The number of nitrogens with one attached hydrogen (secondary N) is 1. The summed E-state index contributed by atoms with van der Waals surface area (Å²) in [6.45, 7) is 1.08. The van der Waals surface area contributed by atoms with Crippen LogP contribution < -0.4 is 5.32 Å². The average Bonchev–Trinajstić information content (AvgIpc) is 2.18. The number of hydrogen-bond donors (Lipinski definition) is 3. The number of para-hydroxylation sites is 1. The standard InChI is InChI=1S/C11H15NO2/c13-5-4-8-6-9-2-1-3-10(14)11(9)12-7-8/h1-3,8,12-14H,4-7H2. The van der Waals surface area contributed by atoms with Gasteiger partial charge in [0.2, 0.25) is 0 Å². The van der Waals surface area contributed by atoms with Crippen LogP contribution >= 0.6 is 0 Å². The maximum absolute atomic E-state index is 9.56. The molecule has 0 radical (unpaired) electrons. The summed E-state index contributed by atoms with van der Waals surface area (Å²) in [5.41, 5.74) is 2.01. The topological polar surface area (TPSA) is 52.5 Å². The summed E-state index contributed by atoms with van der Waals surface area (Å²) in [5.74, 6) is 0.805. The highest BCUT2D eigenvalue weighted by Crippen LogP contribution is 2.33. The van der Waals surface area contributed by atoms with E-state index in [9.17, 15) is 5.11 Å². The smallest absolute Gasteiger partial charge is 0.138 e. The summed E-state index contributed by atoms with van der Waals surface area (Å²) in [6, 6.07) is 5.57. The fourth-order valence-corrected chi connectivity index (χ4v) is 1.98. The van der Waals surface area contributed by atoms with E-state index in [0.717, 1.165) is 30.6 Å². The van der Waals surface area contributed by atoms with Gasteiger partial charge in [-0.15, -0.1) is 0 Å². The van der Waals surface area contributed by atoms with Gasteiger partial charge in [0.1, 0.15) is 5.75 Å². The molecule has 1 atom stereocenters. The maximum Gasteiger partial charge on any atom is 0.138 e. The van der Waals surface area contributed by atoms with Gasteiger partial charge < -0.3 is 15.5 Å². The Kier molecular flexibility index (Phi) is 2.59. The monoisotopic (exact) mass is 193 g/mol. The predicted molar refractivity (Wildman–Crippen MR) is 55.5 cm³/mol. The highest BCUT2D eigenvalue weighted by atomic mass is 16.3. The van der Waals surface area contributed by atoms with E-state index >= 15 is 0 Å². The molecule has 2 rings (SSSR count). The van der Waals surface area contributed by atoms with Crippen molar-refractivity contribution in [3.8, 4) is 5.75 Å². The van der Waals surface area contributed by atoms with Crippen molar-refractivity contribution in [3.05, 3.63) is 23.8 Å². The first-order valence-corrected chi connectivity index (χ1v) is 4.97. The molecule has 1 heterocycles. The van der Waals surface area contributed by atoms with E-state index < -0.39 is 0 Å². The Morgan fingerprint density at radius 3 is 3.07 bits per heavy atom. The van der Waals surface area contributed by atoms with E-state index in [1.165, 1.54) is 0 Å². The van der Waals surface area contributed by atoms with Crippen molar-refractivity contribution in [2.24, 2.45) is 5.92 Å². The van der Waals surface area contributed by atoms with Gasteiger partial charge in [-0.3, -0.25) is 0 Å². The van der Waals surface area contributed by atoms with E-state index in [1.54, 1.807) is 6.07 Å². The lowest BCUT2D eigenvalue weighted by Gasteiger charge is -2.26. The fraction of sp³-hybridized carbons (Fsp3) is 0.455. The van der Waals surface area contributed by atoms with Crippen LogP contribution in [0.15, 0.2) is 18.2 Å². The lowest BCUT2D eigenvalue weighted by Crippen LogP contribution is -2.23. The van der Waals surface area contributed by atoms with Crippen molar-refractivity contribution in [2.45, 2.75) is 12.8 Å². The molecule has 0 fully saturated rings. The fourth-order valence-electron chi connectivity index (χ4n) is 1.98. The van der Waals surface area contributed by atoms with Crippen molar-refractivity contribution in [2.75, 3.05) is 18.5 Å². The summed E-state index contributed by atoms with van der Waals surface area (Å²) in [6.07, 6.45) is 1.76. The quantitative estimate of drug-likeness (QED) is 0.621. The molecule has 0 saturated carbocycles. The Bertz CT molecular complexity index is 325. The lowest BCUT2D eigenvalue weighted by molar-refractivity contribution is 0.258. The largest absolute Gasteiger partial charge is 0.506 e. The zero-order chi connectivity index (χ0) is 9.97. The minimum absolute atomic E-state index is 0.237. The number of aliphatic hydroxyl groups excluding tert-OH is 1. The molecule has 76 valence electrons. The molecule has 1 aromatic carbocycles. The van der Waals surface area contributed by atoms with Crippen LogP contribution in [0.3, 0.4) is 0 Å². The summed E-state index contributed by atoms with van der Waals surface area (Å²) in [7, 11) is 0. The molecule has 3 nitrogen and oxygen atoms in total. The van der Waals surface area contributed by atoms with Crippen LogP contribution in [0.4, 0.5) is 5.69 Å². The van der Waals surface area contributed by atoms with Gasteiger partial charge in [-0.05, 0) is 30.4 Å². The number of aromatic hydroxyl groups is 1. The van der Waals surface area contributed by atoms with E-state index in [4.69, 9.17) is 5.11 Å². The van der Waals surface area contributed by atoms with Crippen LogP contribution in [0.25, 0.3) is 0 Å². The van der Waals surface area contributed by atoms with Gasteiger partial charge in [-0.1, -0.05) is 12.1 Å². The predicted octanol–water partition coefficient (Wildman–Crippen LogP) is 1.36. The van der Waals surface area contributed by atoms with E-state index in [2.05, 4.69) is 5.32 Å². The van der Waals surface area contributed by atoms with Gasteiger partial charge in [0.25, 0.3) is 0 Å². The molecule has 14 heavy (non-hydrogen) atoms. The van der Waals surface area contributed by atoms with Gasteiger partial charge >= 0.3 is 0 Å². The normalized spacial score (nSPS) is 19.9. The number of phenolic OH excluding ortho intramolecular Hbond substituents is 1. The van der Waals surface area contributed by atoms with Crippen molar-refractivity contribution in [1.29, 1.82) is 0 Å². The highest BCUT2D eigenvalue weighted by molar-refractivity contribution is 5.62. The van der Waals surface area contributed by atoms with Crippen LogP contribution in [0.2, 0.25) is 0 Å². The van der Waals surface area contributed by atoms with Crippen LogP contribution in [0.1, 0.15) is 12.0 Å². The van der Waals surface area contributed by atoms with E-state index in [-0.39, 0.29) is 6.61 Å². The van der Waals surface area contributed by atoms with Crippen LogP contribution in [-0.4, -0.2) is 23.4 Å². The second kappa shape index (κ2) is 3.88. The van der Waals surface area contributed by atoms with Crippen LogP contribution in [0, 0.1) is 5.92 Å². The van der Waals surface area contributed by atoms with Gasteiger partial charge in [0, 0.05) is 13.2 Å². The van der Waals surface area contributed by atoms with Crippen molar-refractivity contribution in [3.63, 3.8) is 0 Å². The summed E-state index contributed by atoms with van der Waals surface area (Å²) in [5, 5.41) is 21.6. The SMILES string of the molecule is OCCC1CNc2c(O)cccc2C1. The molecule has 0 saturated heterocycles. The minimum Gasteiger partial charge on any atom is -0.506 e. The number of anilines is 1. The van der Waals surface area contributed by atoms with Crippen LogP contribution in [0.5, 0.6) is 5.75 Å². The Labute approximate surface area is 83.4 Å². The molecule has 0 amide bonds. The minimum atomic E-state index is 0.237. The summed E-state index contributed by atoms with van der Waals surface area (Å²) in [4.78, 5) is 0. The molecule has 0 bridgehead atoms. The second-order valence-electron chi connectivity index (χ2n) is 3.77. The number of fused-ring (bicyclic) bond motifs is 1. The molecular formula is C11H15NO2. The molecule has 0 spiro atoms. The Balaban J connectivity index is 2.18. The van der Waals surface area contributed by atoms with Crippen LogP contribution in [-0.2, 0) is 6.42 Å². The molecule has 3 N–H and O–H groups in total. The Morgan fingerprint density at radius 1 is 1.43 bits per heavy atom. The third-order valence-electron chi connectivity index (χ3n) is 2.74. The Morgan fingerprint density at radius 2 is 2.29 bits per heavy atom. The first kappa shape index (κ1) is 9.34. The molecule has 1 aliphatic rings. The molecule has 1 unspecified atom stereocenters. The van der Waals surface area contributed by atoms with Gasteiger partial charge in [0.15, 0.2) is 0 Å². The van der Waals surface area contributed by atoms with Gasteiger partial charge in [0.05, 0.1) is 5.69 Å². The third-order valence-corrected chi connectivity index (χ3v) is 2.74. The molecule has 1 aromatic rings. The highest BCUT2D eigenvalue weighted by Gasteiger charge is 2.19. The third kappa shape index (κ3) is 1.68. The zero-order valence-electron chi connectivity index (χ0n) is 8.03. The first-order chi connectivity index (χ1) is 6.81. The van der Waals surface area contributed by atoms with E-state index in [0.29, 0.717) is 11.7 Å². The second-order valence-corrected chi connectivity index (χ2v) is 3.77. The zero-order valence-corrected chi connectivity index (χ0v) is 8.03. The molecule has 1 aliphatic heterocycles. The maximum atomic E-state index is 9.56. The van der Waals surface area contributed by atoms with Crippen molar-refractivity contribution >= 4 is 5.69 Å². The van der Waals surface area contributed by atoms with E-state index in [1.807, 2.05) is 12.1 Å². The van der Waals surface area contributed by atoms with Gasteiger partial charge in [-0.2, -0.15) is 0 Å². The summed E-state index contributed by atoms with van der Waals surface area (Å²) >= 11 is 0. The lowest BCUT2D eigenvalue weighted by atomic mass is 9.91. The average molecular weight is 193 g/mol. The number of aliphatic hydroxyl groups is 1. The first-order valence-electron chi connectivity index (χ1n) is 4.97. The summed E-state index contributed by atoms with van der Waals surface area (Å²) < 4.78 is 0. The molecule has 3 heteroatoms. The van der Waals surface area contributed by atoms with Gasteiger partial charge in [-0.25, -0.2) is 0 Å². The number of benzene rings is 1.